The number of thioether (sulfide) groups is 1. The van der Waals surface area contributed by atoms with Gasteiger partial charge in [0.15, 0.2) is 4.34 Å². The van der Waals surface area contributed by atoms with Gasteiger partial charge in [-0.2, -0.15) is 0 Å². The van der Waals surface area contributed by atoms with Gasteiger partial charge in [-0.25, -0.2) is 9.97 Å². The number of hydrazine groups is 1. The molecular weight excluding hydrogens is 410 g/mol. The highest BCUT2D eigenvalue weighted by Crippen LogP contribution is 2.38. The van der Waals surface area contributed by atoms with Gasteiger partial charge in [0, 0.05) is 24.0 Å². The van der Waals surface area contributed by atoms with Crippen LogP contribution >= 0.6 is 45.8 Å². The van der Waals surface area contributed by atoms with Gasteiger partial charge in [-0.1, -0.05) is 34.4 Å². The number of anilines is 2. The van der Waals surface area contributed by atoms with Gasteiger partial charge in [0.2, 0.25) is 10.3 Å². The van der Waals surface area contributed by atoms with E-state index in [-0.39, 0.29) is 5.75 Å². The first-order chi connectivity index (χ1) is 11.7. The molecule has 0 aromatic carbocycles. The lowest BCUT2D eigenvalue weighted by molar-refractivity contribution is -0.133. The highest BCUT2D eigenvalue weighted by molar-refractivity contribution is 8.01. The molecule has 0 fully saturated rings. The molecular formula is C10H7N7O2S5. The van der Waals surface area contributed by atoms with E-state index in [1.54, 1.807) is 6.20 Å². The molecule has 0 aliphatic heterocycles. The summed E-state index contributed by atoms with van der Waals surface area (Å²) < 4.78 is 4.24. The number of hydrogen-bond donors (Lipinski definition) is 3. The number of carbonyl (C=O) groups is 1. The highest BCUT2D eigenvalue weighted by Gasteiger charge is 2.15. The smallest absolute Gasteiger partial charge is 0.313 e. The van der Waals surface area contributed by atoms with Crippen molar-refractivity contribution in [3.05, 3.63) is 11.6 Å². The monoisotopic (exact) mass is 417 g/mol. The Labute approximate surface area is 156 Å². The number of carboxylic acid groups (broad SMARTS) is 1. The summed E-state index contributed by atoms with van der Waals surface area (Å²) in [6.45, 7) is 0. The molecule has 14 heteroatoms. The molecule has 0 unspecified atom stereocenters. The van der Waals surface area contributed by atoms with Crippen LogP contribution < -0.4 is 10.9 Å². The minimum Gasteiger partial charge on any atom is -0.481 e. The van der Waals surface area contributed by atoms with Gasteiger partial charge in [-0.05, 0) is 0 Å². The molecule has 3 aromatic rings. The molecule has 0 saturated heterocycles. The van der Waals surface area contributed by atoms with E-state index in [2.05, 4.69) is 47.8 Å². The highest BCUT2D eigenvalue weighted by atomic mass is 32.2. The van der Waals surface area contributed by atoms with Gasteiger partial charge in [-0.3, -0.25) is 15.6 Å². The van der Waals surface area contributed by atoms with Crippen LogP contribution in [0.25, 0.3) is 10.7 Å². The largest absolute Gasteiger partial charge is 0.481 e. The van der Waals surface area contributed by atoms with Gasteiger partial charge >= 0.3 is 5.97 Å². The second-order valence-electron chi connectivity index (χ2n) is 3.91. The van der Waals surface area contributed by atoms with Crippen molar-refractivity contribution in [3.8, 4) is 10.7 Å². The fourth-order valence-corrected chi connectivity index (χ4v) is 4.44. The average Bonchev–Trinajstić information content (AvgIpc) is 3.30. The molecule has 124 valence electrons. The van der Waals surface area contributed by atoms with Crippen LogP contribution in [-0.4, -0.2) is 37.0 Å². The van der Waals surface area contributed by atoms with Crippen molar-refractivity contribution in [3.63, 3.8) is 0 Å². The molecule has 0 amide bonds. The number of hydrogen-bond acceptors (Lipinski definition) is 13. The maximum Gasteiger partial charge on any atom is 0.313 e. The van der Waals surface area contributed by atoms with Gasteiger partial charge in [-0.15, -0.1) is 25.9 Å². The number of aliphatic carboxylic acids is 1. The summed E-state index contributed by atoms with van der Waals surface area (Å²) >= 11 is 9.78. The standard InChI is InChI=1S/C10H7N7O2S5/c18-4(19)3-22-10-16-15-9(24-10)14-13-7-5(6-11-1-2-21-6)12-8(17-20)23-7/h1-2,13H,3H2,(H,14,15)(H,18,19). The van der Waals surface area contributed by atoms with Crippen LogP contribution in [0.3, 0.4) is 0 Å². The first-order valence-corrected chi connectivity index (χ1v) is 9.96. The summed E-state index contributed by atoms with van der Waals surface area (Å²) in [7, 11) is 0. The van der Waals surface area contributed by atoms with Gasteiger partial charge in [0.05, 0.1) is 5.75 Å². The van der Waals surface area contributed by atoms with Crippen molar-refractivity contribution in [2.75, 3.05) is 16.6 Å². The van der Waals surface area contributed by atoms with Crippen molar-refractivity contribution in [2.45, 2.75) is 4.34 Å². The SMILES string of the molecule is O=C(O)CSc1nnc(NNc2sc(N=S)nc2-c2nccs2)s1. The third kappa shape index (κ3) is 4.21. The Morgan fingerprint density at radius 3 is 2.96 bits per heavy atom. The van der Waals surface area contributed by atoms with Gasteiger partial charge < -0.3 is 5.11 Å². The van der Waals surface area contributed by atoms with Crippen molar-refractivity contribution < 1.29 is 9.90 Å². The molecule has 0 saturated carbocycles. The zero-order valence-electron chi connectivity index (χ0n) is 11.5. The van der Waals surface area contributed by atoms with Gasteiger partial charge in [0.25, 0.3) is 0 Å². The first-order valence-electron chi connectivity index (χ1n) is 6.10. The van der Waals surface area contributed by atoms with Crippen LogP contribution in [0.4, 0.5) is 15.3 Å². The number of aromatic nitrogens is 4. The number of rotatable bonds is 8. The quantitative estimate of drug-likeness (QED) is 0.372. The first kappa shape index (κ1) is 17.1. The lowest BCUT2D eigenvalue weighted by Crippen LogP contribution is -2.07. The number of carboxylic acids is 1. The predicted molar refractivity (Wildman–Crippen MR) is 98.2 cm³/mol. The zero-order chi connectivity index (χ0) is 16.9. The number of nitrogens with one attached hydrogen (secondary N) is 2. The zero-order valence-corrected chi connectivity index (χ0v) is 15.6. The third-order valence-electron chi connectivity index (χ3n) is 2.34. The van der Waals surface area contributed by atoms with Crippen molar-refractivity contribution in [1.82, 2.24) is 20.2 Å². The van der Waals surface area contributed by atoms with Crippen LogP contribution in [0.1, 0.15) is 0 Å². The minimum absolute atomic E-state index is 0.0607. The van der Waals surface area contributed by atoms with E-state index in [1.165, 1.54) is 34.0 Å². The van der Waals surface area contributed by atoms with E-state index in [4.69, 9.17) is 5.11 Å². The molecule has 0 aliphatic carbocycles. The van der Waals surface area contributed by atoms with Crippen molar-refractivity contribution >= 4 is 79.4 Å². The Morgan fingerprint density at radius 2 is 2.25 bits per heavy atom. The second kappa shape index (κ2) is 7.89. The molecule has 0 spiro atoms. The van der Waals surface area contributed by atoms with E-state index in [0.717, 1.165) is 16.8 Å². The average molecular weight is 418 g/mol. The van der Waals surface area contributed by atoms with E-state index in [0.29, 0.717) is 25.3 Å². The van der Waals surface area contributed by atoms with Crippen LogP contribution in [0.5, 0.6) is 0 Å². The third-order valence-corrected chi connectivity index (χ3v) is 6.23. The molecule has 3 N–H and O–H groups in total. The molecule has 0 atom stereocenters. The molecule has 0 radical (unpaired) electrons. The second-order valence-corrected chi connectivity index (χ2v) is 8.16. The summed E-state index contributed by atoms with van der Waals surface area (Å²) in [5.74, 6) is -0.963. The Balaban J connectivity index is 1.69. The summed E-state index contributed by atoms with van der Waals surface area (Å²) in [4.78, 5) is 19.1. The van der Waals surface area contributed by atoms with Crippen LogP contribution in [0, 0.1) is 0 Å². The molecule has 0 bridgehead atoms. The molecule has 3 aromatic heterocycles. The molecule has 3 heterocycles. The van der Waals surface area contributed by atoms with Crippen LogP contribution in [0.2, 0.25) is 0 Å². The van der Waals surface area contributed by atoms with Crippen molar-refractivity contribution in [1.29, 1.82) is 0 Å². The number of thiazole rings is 2. The lowest BCUT2D eigenvalue weighted by Gasteiger charge is -2.04. The van der Waals surface area contributed by atoms with Crippen LogP contribution in [-0.2, 0) is 17.2 Å². The summed E-state index contributed by atoms with van der Waals surface area (Å²) in [5.41, 5.74) is 6.56. The summed E-state index contributed by atoms with van der Waals surface area (Å²) in [6.07, 6.45) is 1.69. The maximum absolute atomic E-state index is 10.6. The molecule has 3 rings (SSSR count). The van der Waals surface area contributed by atoms with E-state index < -0.39 is 5.97 Å². The Hall–Kier alpha value is -1.74. The minimum atomic E-state index is -0.902. The summed E-state index contributed by atoms with van der Waals surface area (Å²) in [5, 5.41) is 20.7. The summed E-state index contributed by atoms with van der Waals surface area (Å²) in [6, 6.07) is 0. The van der Waals surface area contributed by atoms with E-state index in [1.807, 2.05) is 5.38 Å². The van der Waals surface area contributed by atoms with Crippen LogP contribution in [0.15, 0.2) is 20.3 Å². The normalized spacial score (nSPS) is 10.5. The van der Waals surface area contributed by atoms with Gasteiger partial charge in [0.1, 0.15) is 15.7 Å². The maximum atomic E-state index is 10.6. The van der Waals surface area contributed by atoms with E-state index in [9.17, 15) is 4.79 Å². The topological polar surface area (TPSA) is 125 Å². The fraction of sp³-hybridized carbons (Fsp3) is 0.100. The number of nitrogens with zero attached hydrogens (tertiary/aromatic N) is 5. The Kier molecular flexibility index (Phi) is 5.62. The lowest BCUT2D eigenvalue weighted by atomic mass is 10.5. The predicted octanol–water partition coefficient (Wildman–Crippen LogP) is 3.10. The molecule has 0 aliphatic rings. The molecule has 9 nitrogen and oxygen atoms in total. The molecule has 24 heavy (non-hydrogen) atoms. The van der Waals surface area contributed by atoms with Crippen molar-refractivity contribution in [2.24, 2.45) is 4.36 Å². The Morgan fingerprint density at radius 1 is 1.38 bits per heavy atom. The Bertz CT molecular complexity index is 846. The van der Waals surface area contributed by atoms with E-state index >= 15 is 0 Å². The fourth-order valence-electron chi connectivity index (χ4n) is 1.47.